The van der Waals surface area contributed by atoms with Crippen molar-refractivity contribution in [2.75, 3.05) is 12.8 Å². The number of methoxy groups -OCH3 is 1. The molecule has 5 heteroatoms. The van der Waals surface area contributed by atoms with E-state index in [1.165, 1.54) is 11.3 Å². The molecule has 0 aliphatic carbocycles. The zero-order chi connectivity index (χ0) is 11.5. The number of nitriles is 1. The molecular weight excluding hydrogens is 256 g/mol. The molecule has 88 valence electrons. The number of nitrogens with zero attached hydrogens (tertiary/aromatic N) is 1. The second-order valence-electron chi connectivity index (χ2n) is 3.23. The van der Waals surface area contributed by atoms with Crippen LogP contribution in [0.25, 0.3) is 11.1 Å². The van der Waals surface area contributed by atoms with Crippen molar-refractivity contribution >= 4 is 29.4 Å². The number of ether oxygens (including phenoxy) is 1. The second kappa shape index (κ2) is 5.58. The molecule has 1 heterocycles. The van der Waals surface area contributed by atoms with Gasteiger partial charge in [0.05, 0.1) is 12.8 Å². The lowest BCUT2D eigenvalue weighted by molar-refractivity contribution is 0.415. The Labute approximate surface area is 110 Å². The molecule has 0 amide bonds. The number of hydrogen-bond donors (Lipinski definition) is 1. The number of nitrogens with two attached hydrogens (primary N) is 1. The minimum Gasteiger partial charge on any atom is -0.497 e. The van der Waals surface area contributed by atoms with E-state index in [0.717, 1.165) is 16.9 Å². The minimum absolute atomic E-state index is 0. The molecule has 0 spiro atoms. The monoisotopic (exact) mass is 266 g/mol. The summed E-state index contributed by atoms with van der Waals surface area (Å²) in [5.41, 5.74) is 8.33. The van der Waals surface area contributed by atoms with E-state index >= 15 is 0 Å². The highest BCUT2D eigenvalue weighted by atomic mass is 35.5. The van der Waals surface area contributed by atoms with Crippen molar-refractivity contribution in [3.05, 3.63) is 34.5 Å². The van der Waals surface area contributed by atoms with Crippen LogP contribution in [0.2, 0.25) is 0 Å². The molecule has 0 aliphatic rings. The van der Waals surface area contributed by atoms with Crippen LogP contribution in [0.5, 0.6) is 5.75 Å². The number of benzene rings is 1. The van der Waals surface area contributed by atoms with Crippen LogP contribution < -0.4 is 10.5 Å². The van der Waals surface area contributed by atoms with Gasteiger partial charge in [-0.05, 0) is 17.7 Å². The Bertz CT molecular complexity index is 543. The third-order valence-corrected chi connectivity index (χ3v) is 3.23. The first-order valence-electron chi connectivity index (χ1n) is 4.67. The molecule has 17 heavy (non-hydrogen) atoms. The predicted octanol–water partition coefficient (Wildman–Crippen LogP) is 3.30. The van der Waals surface area contributed by atoms with E-state index in [4.69, 9.17) is 15.7 Å². The summed E-state index contributed by atoms with van der Waals surface area (Å²) in [5, 5.41) is 10.7. The van der Waals surface area contributed by atoms with Crippen molar-refractivity contribution in [1.82, 2.24) is 0 Å². The van der Waals surface area contributed by atoms with Crippen LogP contribution in [0.4, 0.5) is 5.69 Å². The summed E-state index contributed by atoms with van der Waals surface area (Å²) in [4.78, 5) is 0.561. The third kappa shape index (κ3) is 2.52. The quantitative estimate of drug-likeness (QED) is 0.907. The average Bonchev–Trinajstić information content (AvgIpc) is 2.70. The van der Waals surface area contributed by atoms with Gasteiger partial charge in [-0.1, -0.05) is 12.1 Å². The number of halogens is 1. The molecule has 0 saturated heterocycles. The third-order valence-electron chi connectivity index (χ3n) is 2.33. The summed E-state index contributed by atoms with van der Waals surface area (Å²) in [6.45, 7) is 0. The van der Waals surface area contributed by atoms with Crippen molar-refractivity contribution in [2.45, 2.75) is 0 Å². The van der Waals surface area contributed by atoms with E-state index in [0.29, 0.717) is 10.6 Å². The SMILES string of the molecule is COc1ccc(-c2csc(C#N)c2N)cc1.Cl. The largest absolute Gasteiger partial charge is 0.497 e. The van der Waals surface area contributed by atoms with Gasteiger partial charge < -0.3 is 10.5 Å². The summed E-state index contributed by atoms with van der Waals surface area (Å²) in [7, 11) is 1.63. The normalized spacial score (nSPS) is 9.18. The number of rotatable bonds is 2. The molecule has 3 nitrogen and oxygen atoms in total. The first-order chi connectivity index (χ1) is 7.76. The topological polar surface area (TPSA) is 59.0 Å². The van der Waals surface area contributed by atoms with Gasteiger partial charge in [0.15, 0.2) is 0 Å². The Morgan fingerprint density at radius 2 is 1.94 bits per heavy atom. The zero-order valence-corrected chi connectivity index (χ0v) is 10.8. The highest BCUT2D eigenvalue weighted by molar-refractivity contribution is 7.11. The number of hydrogen-bond acceptors (Lipinski definition) is 4. The van der Waals surface area contributed by atoms with Crippen LogP contribution in [0.1, 0.15) is 4.88 Å². The predicted molar refractivity (Wildman–Crippen MR) is 72.7 cm³/mol. The summed E-state index contributed by atoms with van der Waals surface area (Å²) >= 11 is 1.36. The molecule has 1 aromatic carbocycles. The van der Waals surface area contributed by atoms with Gasteiger partial charge in [-0.3, -0.25) is 0 Å². The van der Waals surface area contributed by atoms with Crippen LogP contribution >= 0.6 is 23.7 Å². The summed E-state index contributed by atoms with van der Waals surface area (Å²) in [5.74, 6) is 0.804. The Hall–Kier alpha value is -1.70. The van der Waals surface area contributed by atoms with Gasteiger partial charge in [-0.2, -0.15) is 5.26 Å². The zero-order valence-electron chi connectivity index (χ0n) is 9.14. The Kier molecular flexibility index (Phi) is 4.38. The van der Waals surface area contributed by atoms with E-state index in [9.17, 15) is 0 Å². The van der Waals surface area contributed by atoms with Crippen LogP contribution in [0, 0.1) is 11.3 Å². The number of thiophene rings is 1. The van der Waals surface area contributed by atoms with E-state index in [-0.39, 0.29) is 12.4 Å². The Balaban J connectivity index is 0.00000144. The van der Waals surface area contributed by atoms with Gasteiger partial charge in [-0.25, -0.2) is 0 Å². The smallest absolute Gasteiger partial charge is 0.128 e. The molecular formula is C12H11ClN2OS. The van der Waals surface area contributed by atoms with Crippen LogP contribution in [-0.2, 0) is 0 Å². The molecule has 2 aromatic rings. The average molecular weight is 267 g/mol. The lowest BCUT2D eigenvalue weighted by Gasteiger charge is -2.02. The highest BCUT2D eigenvalue weighted by Crippen LogP contribution is 2.34. The summed E-state index contributed by atoms with van der Waals surface area (Å²) in [6, 6.07) is 9.68. The Morgan fingerprint density at radius 3 is 2.41 bits per heavy atom. The molecule has 0 saturated carbocycles. The molecule has 0 fully saturated rings. The van der Waals surface area contributed by atoms with Crippen LogP contribution in [0.15, 0.2) is 29.6 Å². The molecule has 0 atom stereocenters. The van der Waals surface area contributed by atoms with Gasteiger partial charge in [-0.15, -0.1) is 23.7 Å². The van der Waals surface area contributed by atoms with Gasteiger partial charge in [0.1, 0.15) is 16.7 Å². The highest BCUT2D eigenvalue weighted by Gasteiger charge is 2.09. The van der Waals surface area contributed by atoms with Crippen molar-refractivity contribution < 1.29 is 4.74 Å². The maximum absolute atomic E-state index is 8.82. The van der Waals surface area contributed by atoms with Crippen molar-refractivity contribution in [1.29, 1.82) is 5.26 Å². The molecule has 1 aromatic heterocycles. The van der Waals surface area contributed by atoms with Crippen molar-refractivity contribution in [3.8, 4) is 22.9 Å². The van der Waals surface area contributed by atoms with Gasteiger partial charge in [0.2, 0.25) is 0 Å². The van der Waals surface area contributed by atoms with E-state index in [2.05, 4.69) is 6.07 Å². The first-order valence-corrected chi connectivity index (χ1v) is 5.55. The molecule has 2 N–H and O–H groups in total. The fourth-order valence-electron chi connectivity index (χ4n) is 1.45. The van der Waals surface area contributed by atoms with E-state index < -0.39 is 0 Å². The van der Waals surface area contributed by atoms with Crippen molar-refractivity contribution in [2.24, 2.45) is 0 Å². The van der Waals surface area contributed by atoms with Crippen molar-refractivity contribution in [3.63, 3.8) is 0 Å². The second-order valence-corrected chi connectivity index (χ2v) is 4.11. The molecule has 0 radical (unpaired) electrons. The van der Waals surface area contributed by atoms with Gasteiger partial charge >= 0.3 is 0 Å². The fourth-order valence-corrected chi connectivity index (χ4v) is 2.24. The molecule has 0 unspecified atom stereocenters. The molecule has 0 aliphatic heterocycles. The van der Waals surface area contributed by atoms with E-state index in [1.54, 1.807) is 7.11 Å². The Morgan fingerprint density at radius 1 is 1.29 bits per heavy atom. The lowest BCUT2D eigenvalue weighted by atomic mass is 10.1. The molecule has 0 bridgehead atoms. The maximum atomic E-state index is 8.82. The maximum Gasteiger partial charge on any atom is 0.128 e. The van der Waals surface area contributed by atoms with Crippen LogP contribution in [-0.4, -0.2) is 7.11 Å². The number of anilines is 1. The first kappa shape index (κ1) is 13.4. The van der Waals surface area contributed by atoms with E-state index in [1.807, 2.05) is 29.6 Å². The van der Waals surface area contributed by atoms with Gasteiger partial charge in [0, 0.05) is 10.9 Å². The number of nitrogen functional groups attached to an aromatic ring is 1. The summed E-state index contributed by atoms with van der Waals surface area (Å²) in [6.07, 6.45) is 0. The minimum atomic E-state index is 0. The van der Waals surface area contributed by atoms with Crippen LogP contribution in [0.3, 0.4) is 0 Å². The molecule has 2 rings (SSSR count). The fraction of sp³-hybridized carbons (Fsp3) is 0.0833. The lowest BCUT2D eigenvalue weighted by Crippen LogP contribution is -1.88. The standard InChI is InChI=1S/C12H10N2OS.ClH/c1-15-9-4-2-8(3-5-9)10-7-16-11(6-13)12(10)14;/h2-5,7H,14H2,1H3;1H. The summed E-state index contributed by atoms with van der Waals surface area (Å²) < 4.78 is 5.08. The van der Waals surface area contributed by atoms with Gasteiger partial charge in [0.25, 0.3) is 0 Å².